The van der Waals surface area contributed by atoms with Gasteiger partial charge in [-0.15, -0.1) is 0 Å². The molecule has 0 bridgehead atoms. The lowest BCUT2D eigenvalue weighted by Crippen LogP contribution is -2.50. The Kier molecular flexibility index (Phi) is 5.44. The molecule has 0 radical (unpaired) electrons. The second-order valence-electron chi connectivity index (χ2n) is 5.93. The first-order chi connectivity index (χ1) is 12.0. The van der Waals surface area contributed by atoms with Crippen molar-refractivity contribution in [1.82, 2.24) is 24.0 Å². The molecule has 0 spiro atoms. The maximum Gasteiger partial charge on any atom is 0.224 e. The van der Waals surface area contributed by atoms with Gasteiger partial charge < -0.3 is 4.90 Å². The molecule has 8 nitrogen and oxygen atoms in total. The SMILES string of the molecule is O=C(CCn1cncn1)N1CCN(S(=O)(=O)Cc2ccccc2)CC1. The van der Waals surface area contributed by atoms with Crippen molar-refractivity contribution in [2.24, 2.45) is 0 Å². The van der Waals surface area contributed by atoms with Crippen molar-refractivity contribution in [3.8, 4) is 0 Å². The van der Waals surface area contributed by atoms with E-state index in [-0.39, 0.29) is 11.7 Å². The molecule has 1 aliphatic heterocycles. The molecule has 0 atom stereocenters. The van der Waals surface area contributed by atoms with Crippen molar-refractivity contribution in [1.29, 1.82) is 0 Å². The van der Waals surface area contributed by atoms with E-state index < -0.39 is 10.0 Å². The zero-order chi connectivity index (χ0) is 17.7. The van der Waals surface area contributed by atoms with E-state index in [9.17, 15) is 13.2 Å². The molecule has 134 valence electrons. The van der Waals surface area contributed by atoms with E-state index in [1.807, 2.05) is 30.3 Å². The lowest BCUT2D eigenvalue weighted by molar-refractivity contribution is -0.132. The third kappa shape index (κ3) is 4.64. The van der Waals surface area contributed by atoms with Gasteiger partial charge in [0.15, 0.2) is 0 Å². The highest BCUT2D eigenvalue weighted by molar-refractivity contribution is 7.88. The second-order valence-corrected chi connectivity index (χ2v) is 7.90. The molecule has 25 heavy (non-hydrogen) atoms. The van der Waals surface area contributed by atoms with Crippen molar-refractivity contribution in [2.75, 3.05) is 26.2 Å². The number of piperazine rings is 1. The van der Waals surface area contributed by atoms with Gasteiger partial charge in [0.2, 0.25) is 15.9 Å². The van der Waals surface area contributed by atoms with Crippen molar-refractivity contribution in [3.05, 3.63) is 48.5 Å². The van der Waals surface area contributed by atoms with Crippen LogP contribution in [0, 0.1) is 0 Å². The summed E-state index contributed by atoms with van der Waals surface area (Å²) in [5, 5.41) is 3.96. The molecule has 0 N–H and O–H groups in total. The summed E-state index contributed by atoms with van der Waals surface area (Å²) in [7, 11) is -3.36. The van der Waals surface area contributed by atoms with E-state index in [4.69, 9.17) is 0 Å². The summed E-state index contributed by atoms with van der Waals surface area (Å²) in [5.41, 5.74) is 0.772. The molecule has 1 saturated heterocycles. The van der Waals surface area contributed by atoms with Crippen LogP contribution in [0.4, 0.5) is 0 Å². The van der Waals surface area contributed by atoms with Crippen molar-refractivity contribution >= 4 is 15.9 Å². The molecule has 1 fully saturated rings. The van der Waals surface area contributed by atoms with E-state index in [1.165, 1.54) is 10.6 Å². The Morgan fingerprint density at radius 2 is 1.80 bits per heavy atom. The number of carbonyl (C=O) groups is 1. The fourth-order valence-electron chi connectivity index (χ4n) is 2.81. The van der Waals surface area contributed by atoms with Crippen LogP contribution in [0.3, 0.4) is 0 Å². The monoisotopic (exact) mass is 363 g/mol. The van der Waals surface area contributed by atoms with Gasteiger partial charge in [0.1, 0.15) is 12.7 Å². The number of aromatic nitrogens is 3. The highest BCUT2D eigenvalue weighted by Crippen LogP contribution is 2.14. The normalized spacial score (nSPS) is 16.1. The summed E-state index contributed by atoms with van der Waals surface area (Å²) in [6.45, 7) is 1.99. The molecule has 1 aromatic heterocycles. The van der Waals surface area contributed by atoms with E-state index in [0.29, 0.717) is 39.1 Å². The number of sulfonamides is 1. The maximum atomic E-state index is 12.5. The Hall–Kier alpha value is -2.26. The topological polar surface area (TPSA) is 88.4 Å². The van der Waals surface area contributed by atoms with Gasteiger partial charge in [0, 0.05) is 32.6 Å². The third-order valence-electron chi connectivity index (χ3n) is 4.20. The molecule has 2 heterocycles. The third-order valence-corrected chi connectivity index (χ3v) is 6.05. The van der Waals surface area contributed by atoms with Gasteiger partial charge >= 0.3 is 0 Å². The summed E-state index contributed by atoms with van der Waals surface area (Å²) in [5.74, 6) is 0.00395. The number of rotatable bonds is 6. The molecule has 3 rings (SSSR count). The molecule has 0 aliphatic carbocycles. The number of amides is 1. The average Bonchev–Trinajstić information content (AvgIpc) is 3.14. The van der Waals surface area contributed by atoms with Gasteiger partial charge in [-0.25, -0.2) is 13.4 Å². The van der Waals surface area contributed by atoms with Gasteiger partial charge in [-0.2, -0.15) is 9.40 Å². The van der Waals surface area contributed by atoms with Crippen LogP contribution in [-0.2, 0) is 27.1 Å². The minimum absolute atomic E-state index is 0.00587. The van der Waals surface area contributed by atoms with E-state index in [2.05, 4.69) is 10.1 Å². The molecule has 1 amide bonds. The van der Waals surface area contributed by atoms with Crippen molar-refractivity contribution < 1.29 is 13.2 Å². The van der Waals surface area contributed by atoms with E-state index in [1.54, 1.807) is 15.9 Å². The van der Waals surface area contributed by atoms with Gasteiger partial charge in [0.05, 0.1) is 12.3 Å². The predicted molar refractivity (Wildman–Crippen MR) is 91.9 cm³/mol. The van der Waals surface area contributed by atoms with Gasteiger partial charge in [0.25, 0.3) is 0 Å². The van der Waals surface area contributed by atoms with Crippen molar-refractivity contribution in [3.63, 3.8) is 0 Å². The van der Waals surface area contributed by atoms with Crippen LogP contribution in [0.2, 0.25) is 0 Å². The standard InChI is InChI=1S/C16H21N5O3S/c22-16(6-7-20-14-17-13-18-20)19-8-10-21(11-9-19)25(23,24)12-15-4-2-1-3-5-15/h1-5,13-14H,6-12H2. The Morgan fingerprint density at radius 3 is 2.44 bits per heavy atom. The fourth-order valence-corrected chi connectivity index (χ4v) is 4.32. The first-order valence-corrected chi connectivity index (χ1v) is 9.77. The van der Waals surface area contributed by atoms with Crippen LogP contribution in [0.1, 0.15) is 12.0 Å². The van der Waals surface area contributed by atoms with Crippen LogP contribution in [0.5, 0.6) is 0 Å². The predicted octanol–water partition coefficient (Wildman–Crippen LogP) is 0.342. The molecular weight excluding hydrogens is 342 g/mol. The average molecular weight is 363 g/mol. The largest absolute Gasteiger partial charge is 0.340 e. The minimum Gasteiger partial charge on any atom is -0.340 e. The van der Waals surface area contributed by atoms with Crippen LogP contribution in [0.25, 0.3) is 0 Å². The number of hydrogen-bond donors (Lipinski definition) is 0. The molecule has 1 aromatic carbocycles. The first-order valence-electron chi connectivity index (χ1n) is 8.16. The summed E-state index contributed by atoms with van der Waals surface area (Å²) in [4.78, 5) is 17.8. The quantitative estimate of drug-likeness (QED) is 0.739. The molecule has 2 aromatic rings. The number of benzene rings is 1. The number of aryl methyl sites for hydroxylation is 1. The smallest absolute Gasteiger partial charge is 0.224 e. The molecule has 0 unspecified atom stereocenters. The summed E-state index contributed by atoms with van der Waals surface area (Å²) >= 11 is 0. The number of hydrogen-bond acceptors (Lipinski definition) is 5. The number of nitrogens with zero attached hydrogens (tertiary/aromatic N) is 5. The molecular formula is C16H21N5O3S. The van der Waals surface area contributed by atoms with Gasteiger partial charge in [-0.1, -0.05) is 30.3 Å². The van der Waals surface area contributed by atoms with Crippen LogP contribution < -0.4 is 0 Å². The zero-order valence-corrected chi connectivity index (χ0v) is 14.7. The maximum absolute atomic E-state index is 12.5. The summed E-state index contributed by atoms with van der Waals surface area (Å²) in [6, 6.07) is 9.13. The van der Waals surface area contributed by atoms with Crippen LogP contribution in [0.15, 0.2) is 43.0 Å². The van der Waals surface area contributed by atoms with Crippen LogP contribution in [-0.4, -0.2) is 64.5 Å². The lowest BCUT2D eigenvalue weighted by Gasteiger charge is -2.34. The number of carbonyl (C=O) groups excluding carboxylic acids is 1. The minimum atomic E-state index is -3.36. The summed E-state index contributed by atoms with van der Waals surface area (Å²) < 4.78 is 28.1. The Bertz CT molecular complexity index is 784. The Labute approximate surface area is 147 Å². The highest BCUT2D eigenvalue weighted by Gasteiger charge is 2.28. The second kappa shape index (κ2) is 7.75. The molecule has 1 aliphatic rings. The summed E-state index contributed by atoms with van der Waals surface area (Å²) in [6.07, 6.45) is 3.34. The lowest BCUT2D eigenvalue weighted by atomic mass is 10.2. The Balaban J connectivity index is 1.50. The van der Waals surface area contributed by atoms with Gasteiger partial charge in [-0.05, 0) is 5.56 Å². The van der Waals surface area contributed by atoms with E-state index in [0.717, 1.165) is 5.56 Å². The van der Waals surface area contributed by atoms with Gasteiger partial charge in [-0.3, -0.25) is 9.48 Å². The molecule has 9 heteroatoms. The van der Waals surface area contributed by atoms with Crippen LogP contribution >= 0.6 is 0 Å². The zero-order valence-electron chi connectivity index (χ0n) is 13.9. The van der Waals surface area contributed by atoms with E-state index >= 15 is 0 Å². The Morgan fingerprint density at radius 1 is 1.08 bits per heavy atom. The fraction of sp³-hybridized carbons (Fsp3) is 0.438. The van der Waals surface area contributed by atoms with Crippen molar-refractivity contribution in [2.45, 2.75) is 18.7 Å². The highest BCUT2D eigenvalue weighted by atomic mass is 32.2. The first kappa shape index (κ1) is 17.6. The molecule has 0 saturated carbocycles.